The van der Waals surface area contributed by atoms with Gasteiger partial charge in [-0.15, -0.1) is 0 Å². The Morgan fingerprint density at radius 3 is 2.94 bits per heavy atom. The number of hydrogen-bond acceptors (Lipinski definition) is 3. The van der Waals surface area contributed by atoms with Gasteiger partial charge in [-0.3, -0.25) is 4.68 Å². The van der Waals surface area contributed by atoms with E-state index in [9.17, 15) is 4.79 Å². The molecule has 100 valence electrons. The number of urea groups is 1. The van der Waals surface area contributed by atoms with Gasteiger partial charge in [0.15, 0.2) is 0 Å². The lowest BCUT2D eigenvalue weighted by atomic mass is 10.1. The van der Waals surface area contributed by atoms with Crippen molar-refractivity contribution in [3.8, 4) is 0 Å². The molecule has 0 bridgehead atoms. The van der Waals surface area contributed by atoms with Gasteiger partial charge in [0.2, 0.25) is 0 Å². The number of carbonyl (C=O) groups is 1. The molecule has 0 aromatic carbocycles. The first kappa shape index (κ1) is 12.9. The van der Waals surface area contributed by atoms with Gasteiger partial charge in [0, 0.05) is 18.3 Å². The molecule has 1 aliphatic heterocycles. The molecule has 1 aliphatic rings. The van der Waals surface area contributed by atoms with E-state index in [1.54, 1.807) is 6.20 Å². The predicted octanol–water partition coefficient (Wildman–Crippen LogP) is 1.76. The smallest absolute Gasteiger partial charge is 0.319 e. The van der Waals surface area contributed by atoms with Gasteiger partial charge >= 0.3 is 6.03 Å². The van der Waals surface area contributed by atoms with Gasteiger partial charge in [-0.05, 0) is 27.2 Å². The summed E-state index contributed by atoms with van der Waals surface area (Å²) in [4.78, 5) is 11.7. The molecular weight excluding hydrogens is 232 g/mol. The maximum atomic E-state index is 11.7. The number of nitrogens with one attached hydrogen (secondary N) is 2. The van der Waals surface area contributed by atoms with E-state index in [0.29, 0.717) is 12.3 Å². The lowest BCUT2D eigenvalue weighted by molar-refractivity contribution is 0.184. The van der Waals surface area contributed by atoms with Crippen LogP contribution in [0.5, 0.6) is 0 Å². The number of ether oxygens (including phenoxy) is 1. The monoisotopic (exact) mass is 252 g/mol. The molecular formula is C12H20N4O2. The minimum Gasteiger partial charge on any atom is -0.379 e. The minimum absolute atomic E-state index is 0.218. The largest absolute Gasteiger partial charge is 0.379 e. The van der Waals surface area contributed by atoms with Crippen LogP contribution in [0.1, 0.15) is 33.2 Å². The third kappa shape index (κ3) is 3.46. The SMILES string of the molecule is CC(C)(C)NC(=O)Nc1cnn([C@@H]2CCOC2)c1. The summed E-state index contributed by atoms with van der Waals surface area (Å²) in [6, 6.07) is 0.0657. The highest BCUT2D eigenvalue weighted by Gasteiger charge is 2.19. The van der Waals surface area contributed by atoms with Gasteiger partial charge in [-0.2, -0.15) is 5.10 Å². The maximum absolute atomic E-state index is 11.7. The first-order chi connectivity index (χ1) is 8.44. The summed E-state index contributed by atoms with van der Waals surface area (Å²) in [5.41, 5.74) is 0.447. The van der Waals surface area contributed by atoms with Crippen LogP contribution >= 0.6 is 0 Å². The van der Waals surface area contributed by atoms with Crippen LogP contribution in [0.4, 0.5) is 10.5 Å². The molecule has 1 aromatic heterocycles. The maximum Gasteiger partial charge on any atom is 0.319 e. The summed E-state index contributed by atoms with van der Waals surface area (Å²) >= 11 is 0. The fourth-order valence-corrected chi connectivity index (χ4v) is 1.84. The topological polar surface area (TPSA) is 68.2 Å². The molecule has 0 unspecified atom stereocenters. The lowest BCUT2D eigenvalue weighted by Crippen LogP contribution is -2.43. The van der Waals surface area contributed by atoms with E-state index in [1.165, 1.54) is 0 Å². The van der Waals surface area contributed by atoms with Crippen LogP contribution in [0.3, 0.4) is 0 Å². The third-order valence-corrected chi connectivity index (χ3v) is 2.63. The zero-order chi connectivity index (χ0) is 13.2. The van der Waals surface area contributed by atoms with Crippen LogP contribution in [0, 0.1) is 0 Å². The Kier molecular flexibility index (Phi) is 3.56. The predicted molar refractivity (Wildman–Crippen MR) is 68.6 cm³/mol. The molecule has 1 fully saturated rings. The van der Waals surface area contributed by atoms with Crippen LogP contribution < -0.4 is 10.6 Å². The van der Waals surface area contributed by atoms with Crippen LogP contribution in [0.25, 0.3) is 0 Å². The van der Waals surface area contributed by atoms with E-state index in [4.69, 9.17) is 4.74 Å². The molecule has 1 aromatic rings. The zero-order valence-electron chi connectivity index (χ0n) is 11.1. The van der Waals surface area contributed by atoms with Crippen LogP contribution in [-0.4, -0.2) is 34.6 Å². The lowest BCUT2D eigenvalue weighted by Gasteiger charge is -2.20. The van der Waals surface area contributed by atoms with E-state index in [-0.39, 0.29) is 17.6 Å². The molecule has 6 heteroatoms. The van der Waals surface area contributed by atoms with Gasteiger partial charge in [-0.1, -0.05) is 0 Å². The second kappa shape index (κ2) is 4.97. The summed E-state index contributed by atoms with van der Waals surface area (Å²) in [5, 5.41) is 9.84. The Morgan fingerprint density at radius 1 is 1.56 bits per heavy atom. The Balaban J connectivity index is 1.92. The van der Waals surface area contributed by atoms with Crippen molar-refractivity contribution in [3.63, 3.8) is 0 Å². The molecule has 1 atom stereocenters. The third-order valence-electron chi connectivity index (χ3n) is 2.63. The average molecular weight is 252 g/mol. The number of aromatic nitrogens is 2. The van der Waals surface area contributed by atoms with Crippen molar-refractivity contribution in [3.05, 3.63) is 12.4 Å². The number of hydrogen-bond donors (Lipinski definition) is 2. The van der Waals surface area contributed by atoms with Crippen molar-refractivity contribution in [1.29, 1.82) is 0 Å². The van der Waals surface area contributed by atoms with Crippen molar-refractivity contribution < 1.29 is 9.53 Å². The normalized spacial score (nSPS) is 19.8. The van der Waals surface area contributed by atoms with Gasteiger partial charge in [-0.25, -0.2) is 4.79 Å². The van der Waals surface area contributed by atoms with Crippen LogP contribution in [-0.2, 0) is 4.74 Å². The summed E-state index contributed by atoms with van der Waals surface area (Å²) in [6.07, 6.45) is 4.46. The highest BCUT2D eigenvalue weighted by molar-refractivity contribution is 5.89. The Hall–Kier alpha value is -1.56. The Labute approximate surface area is 107 Å². The van der Waals surface area contributed by atoms with E-state index >= 15 is 0 Å². The number of carbonyl (C=O) groups excluding carboxylic acids is 1. The molecule has 2 heterocycles. The quantitative estimate of drug-likeness (QED) is 0.842. The molecule has 1 saturated heterocycles. The molecule has 2 N–H and O–H groups in total. The summed E-state index contributed by atoms with van der Waals surface area (Å²) in [7, 11) is 0. The fourth-order valence-electron chi connectivity index (χ4n) is 1.84. The number of anilines is 1. The first-order valence-electron chi connectivity index (χ1n) is 6.15. The number of rotatable bonds is 2. The summed E-state index contributed by atoms with van der Waals surface area (Å²) in [5.74, 6) is 0. The van der Waals surface area contributed by atoms with Crippen molar-refractivity contribution >= 4 is 11.7 Å². The minimum atomic E-state index is -0.251. The number of nitrogens with zero attached hydrogens (tertiary/aromatic N) is 2. The molecule has 6 nitrogen and oxygen atoms in total. The van der Waals surface area contributed by atoms with Crippen molar-refractivity contribution in [1.82, 2.24) is 15.1 Å². The first-order valence-corrected chi connectivity index (χ1v) is 6.15. The molecule has 0 aliphatic carbocycles. The average Bonchev–Trinajstić information content (AvgIpc) is 2.82. The summed E-state index contributed by atoms with van der Waals surface area (Å²) < 4.78 is 7.15. The fraction of sp³-hybridized carbons (Fsp3) is 0.667. The van der Waals surface area contributed by atoms with Crippen molar-refractivity contribution in [2.75, 3.05) is 18.5 Å². The van der Waals surface area contributed by atoms with Gasteiger partial charge in [0.1, 0.15) is 0 Å². The van der Waals surface area contributed by atoms with Crippen molar-refractivity contribution in [2.24, 2.45) is 0 Å². The second-order valence-corrected chi connectivity index (χ2v) is 5.56. The van der Waals surface area contributed by atoms with Crippen molar-refractivity contribution in [2.45, 2.75) is 38.8 Å². The van der Waals surface area contributed by atoms with Crippen LogP contribution in [0.2, 0.25) is 0 Å². The van der Waals surface area contributed by atoms with E-state index < -0.39 is 0 Å². The van der Waals surface area contributed by atoms with E-state index in [1.807, 2.05) is 31.6 Å². The molecule has 18 heavy (non-hydrogen) atoms. The molecule has 0 spiro atoms. The second-order valence-electron chi connectivity index (χ2n) is 5.56. The molecule has 0 radical (unpaired) electrons. The Morgan fingerprint density at radius 2 is 2.33 bits per heavy atom. The van der Waals surface area contributed by atoms with Gasteiger partial charge in [0.25, 0.3) is 0 Å². The summed E-state index contributed by atoms with van der Waals surface area (Å²) in [6.45, 7) is 7.27. The highest BCUT2D eigenvalue weighted by atomic mass is 16.5. The zero-order valence-corrected chi connectivity index (χ0v) is 11.1. The molecule has 2 amide bonds. The highest BCUT2D eigenvalue weighted by Crippen LogP contribution is 2.19. The van der Waals surface area contributed by atoms with Gasteiger partial charge < -0.3 is 15.4 Å². The van der Waals surface area contributed by atoms with E-state index in [0.717, 1.165) is 13.0 Å². The van der Waals surface area contributed by atoms with Crippen LogP contribution in [0.15, 0.2) is 12.4 Å². The standard InChI is InChI=1S/C12H20N4O2/c1-12(2,3)15-11(17)14-9-6-13-16(7-9)10-4-5-18-8-10/h6-7,10H,4-5,8H2,1-3H3,(H2,14,15,17)/t10-/m1/s1. The van der Waals surface area contributed by atoms with Gasteiger partial charge in [0.05, 0.1) is 24.5 Å². The molecule has 2 rings (SSSR count). The number of amides is 2. The van der Waals surface area contributed by atoms with E-state index in [2.05, 4.69) is 15.7 Å². The molecule has 0 saturated carbocycles. The Bertz CT molecular complexity index is 416.